The molecule has 0 amide bonds. The second-order valence-corrected chi connectivity index (χ2v) is 5.15. The van der Waals surface area contributed by atoms with Crippen molar-refractivity contribution in [1.29, 1.82) is 0 Å². The van der Waals surface area contributed by atoms with E-state index in [9.17, 15) is 0 Å². The van der Waals surface area contributed by atoms with Gasteiger partial charge in [-0.3, -0.25) is 0 Å². The Morgan fingerprint density at radius 2 is 1.67 bits per heavy atom. The van der Waals surface area contributed by atoms with Crippen LogP contribution in [0.3, 0.4) is 0 Å². The van der Waals surface area contributed by atoms with E-state index in [1.54, 1.807) is 21.3 Å². The lowest BCUT2D eigenvalue weighted by atomic mass is 10.2. The van der Waals surface area contributed by atoms with Crippen LogP contribution in [0.4, 0.5) is 0 Å². The third-order valence-electron chi connectivity index (χ3n) is 3.49. The number of hydrogen-bond donors (Lipinski definition) is 1. The molecule has 0 spiro atoms. The van der Waals surface area contributed by atoms with Crippen LogP contribution in [0, 0.1) is 0 Å². The predicted molar refractivity (Wildman–Crippen MR) is 81.9 cm³/mol. The summed E-state index contributed by atoms with van der Waals surface area (Å²) in [6, 6.07) is 4.43. The first-order chi connectivity index (χ1) is 10.3. The first-order valence-corrected chi connectivity index (χ1v) is 7.44. The zero-order valence-corrected chi connectivity index (χ0v) is 13.1. The third-order valence-corrected chi connectivity index (χ3v) is 3.49. The average Bonchev–Trinajstić information content (AvgIpc) is 3.33. The number of benzene rings is 1. The van der Waals surface area contributed by atoms with Gasteiger partial charge in [0.2, 0.25) is 5.75 Å². The van der Waals surface area contributed by atoms with Gasteiger partial charge in [-0.25, -0.2) is 0 Å². The van der Waals surface area contributed by atoms with Crippen LogP contribution in [0.25, 0.3) is 0 Å². The minimum Gasteiger partial charge on any atom is -0.493 e. The van der Waals surface area contributed by atoms with Crippen LogP contribution < -0.4 is 24.3 Å². The van der Waals surface area contributed by atoms with Gasteiger partial charge in [-0.1, -0.05) is 0 Å². The standard InChI is InChI=1S/C16H25NO4/c1-18-14-10-13(11-15(19-2)16(14)20-3)21-9-5-4-8-17-12-6-7-12/h10-12,17H,4-9H2,1-3H3. The SMILES string of the molecule is COc1cc(OCCCCNC2CC2)cc(OC)c1OC. The van der Waals surface area contributed by atoms with Crippen LogP contribution in [-0.4, -0.2) is 40.5 Å². The van der Waals surface area contributed by atoms with Crippen LogP contribution in [0.15, 0.2) is 12.1 Å². The fraction of sp³-hybridized carbons (Fsp3) is 0.625. The Labute approximate surface area is 126 Å². The Morgan fingerprint density at radius 1 is 1.00 bits per heavy atom. The molecule has 0 radical (unpaired) electrons. The molecule has 0 bridgehead atoms. The Balaban J connectivity index is 1.81. The maximum Gasteiger partial charge on any atom is 0.203 e. The van der Waals surface area contributed by atoms with Crippen molar-refractivity contribution in [3.8, 4) is 23.0 Å². The molecule has 0 aromatic heterocycles. The lowest BCUT2D eigenvalue weighted by molar-refractivity contribution is 0.292. The third kappa shape index (κ3) is 4.70. The summed E-state index contributed by atoms with van der Waals surface area (Å²) in [5, 5.41) is 3.49. The zero-order valence-electron chi connectivity index (χ0n) is 13.1. The van der Waals surface area contributed by atoms with E-state index < -0.39 is 0 Å². The van der Waals surface area contributed by atoms with Crippen molar-refractivity contribution >= 4 is 0 Å². The van der Waals surface area contributed by atoms with Crippen molar-refractivity contribution in [1.82, 2.24) is 5.32 Å². The van der Waals surface area contributed by atoms with Crippen LogP contribution >= 0.6 is 0 Å². The smallest absolute Gasteiger partial charge is 0.203 e. The molecule has 5 heteroatoms. The molecule has 0 saturated heterocycles. The molecule has 1 aromatic carbocycles. The molecule has 5 nitrogen and oxygen atoms in total. The molecular formula is C16H25NO4. The van der Waals surface area contributed by atoms with E-state index in [0.717, 1.165) is 31.2 Å². The minimum absolute atomic E-state index is 0.584. The first-order valence-electron chi connectivity index (χ1n) is 7.44. The lowest BCUT2D eigenvalue weighted by Gasteiger charge is -2.14. The summed E-state index contributed by atoms with van der Waals surface area (Å²) < 4.78 is 21.7. The van der Waals surface area contributed by atoms with E-state index in [2.05, 4.69) is 5.32 Å². The number of unbranched alkanes of at least 4 members (excludes halogenated alkanes) is 1. The zero-order chi connectivity index (χ0) is 15.1. The summed E-state index contributed by atoms with van der Waals surface area (Å²) in [5.74, 6) is 2.55. The fourth-order valence-corrected chi connectivity index (χ4v) is 2.15. The molecule has 1 N–H and O–H groups in total. The Bertz CT molecular complexity index is 421. The van der Waals surface area contributed by atoms with Crippen molar-refractivity contribution in [2.75, 3.05) is 34.5 Å². The Kier molecular flexibility index (Phi) is 5.99. The highest BCUT2D eigenvalue weighted by atomic mass is 16.5. The predicted octanol–water partition coefficient (Wildman–Crippen LogP) is 2.62. The summed E-state index contributed by atoms with van der Waals surface area (Å²) in [6.07, 6.45) is 4.82. The van der Waals surface area contributed by atoms with E-state index >= 15 is 0 Å². The molecule has 118 valence electrons. The van der Waals surface area contributed by atoms with Gasteiger partial charge in [0.25, 0.3) is 0 Å². The molecule has 21 heavy (non-hydrogen) atoms. The normalized spacial score (nSPS) is 13.9. The highest BCUT2D eigenvalue weighted by Crippen LogP contribution is 2.40. The lowest BCUT2D eigenvalue weighted by Crippen LogP contribution is -2.17. The fourth-order valence-electron chi connectivity index (χ4n) is 2.15. The second kappa shape index (κ2) is 7.98. The molecule has 0 aliphatic heterocycles. The van der Waals surface area contributed by atoms with Gasteiger partial charge in [0, 0.05) is 18.2 Å². The maximum atomic E-state index is 5.77. The van der Waals surface area contributed by atoms with E-state index in [4.69, 9.17) is 18.9 Å². The van der Waals surface area contributed by atoms with Gasteiger partial charge < -0.3 is 24.3 Å². The second-order valence-electron chi connectivity index (χ2n) is 5.15. The van der Waals surface area contributed by atoms with Gasteiger partial charge in [-0.15, -0.1) is 0 Å². The summed E-state index contributed by atoms with van der Waals surface area (Å²) in [7, 11) is 4.79. The molecular weight excluding hydrogens is 270 g/mol. The molecule has 1 saturated carbocycles. The van der Waals surface area contributed by atoms with Gasteiger partial charge in [-0.05, 0) is 32.2 Å². The van der Waals surface area contributed by atoms with E-state index in [-0.39, 0.29) is 0 Å². The number of methoxy groups -OCH3 is 3. The van der Waals surface area contributed by atoms with Gasteiger partial charge in [-0.2, -0.15) is 0 Å². The van der Waals surface area contributed by atoms with Gasteiger partial charge >= 0.3 is 0 Å². The number of rotatable bonds is 10. The minimum atomic E-state index is 0.584. The molecule has 0 heterocycles. The number of ether oxygens (including phenoxy) is 4. The number of nitrogens with one attached hydrogen (secondary N) is 1. The largest absolute Gasteiger partial charge is 0.493 e. The summed E-state index contributed by atoms with van der Waals surface area (Å²) in [6.45, 7) is 1.76. The van der Waals surface area contributed by atoms with Gasteiger partial charge in [0.1, 0.15) is 5.75 Å². The van der Waals surface area contributed by atoms with E-state index in [1.807, 2.05) is 12.1 Å². The first kappa shape index (κ1) is 15.8. The van der Waals surface area contributed by atoms with Gasteiger partial charge in [0.15, 0.2) is 11.5 Å². The Hall–Kier alpha value is -1.62. The number of hydrogen-bond acceptors (Lipinski definition) is 5. The highest BCUT2D eigenvalue weighted by Gasteiger charge is 2.19. The van der Waals surface area contributed by atoms with Crippen LogP contribution in [0.1, 0.15) is 25.7 Å². The molecule has 1 fully saturated rings. The van der Waals surface area contributed by atoms with E-state index in [1.165, 1.54) is 12.8 Å². The average molecular weight is 295 g/mol. The molecule has 0 atom stereocenters. The molecule has 1 aromatic rings. The summed E-state index contributed by atoms with van der Waals surface area (Å²) in [5.41, 5.74) is 0. The van der Waals surface area contributed by atoms with Crippen LogP contribution in [0.2, 0.25) is 0 Å². The monoisotopic (exact) mass is 295 g/mol. The topological polar surface area (TPSA) is 49.0 Å². The van der Waals surface area contributed by atoms with Crippen molar-refractivity contribution < 1.29 is 18.9 Å². The molecule has 2 rings (SSSR count). The van der Waals surface area contributed by atoms with Crippen LogP contribution in [-0.2, 0) is 0 Å². The molecule has 0 unspecified atom stereocenters. The summed E-state index contributed by atoms with van der Waals surface area (Å²) in [4.78, 5) is 0. The molecule has 1 aliphatic carbocycles. The van der Waals surface area contributed by atoms with E-state index in [0.29, 0.717) is 23.9 Å². The van der Waals surface area contributed by atoms with Crippen molar-refractivity contribution in [2.24, 2.45) is 0 Å². The highest BCUT2D eigenvalue weighted by molar-refractivity contribution is 5.55. The van der Waals surface area contributed by atoms with Gasteiger partial charge in [0.05, 0.1) is 27.9 Å². The Morgan fingerprint density at radius 3 is 2.19 bits per heavy atom. The van der Waals surface area contributed by atoms with Crippen LogP contribution in [0.5, 0.6) is 23.0 Å². The van der Waals surface area contributed by atoms with Crippen molar-refractivity contribution in [3.63, 3.8) is 0 Å². The maximum absolute atomic E-state index is 5.77. The van der Waals surface area contributed by atoms with Crippen molar-refractivity contribution in [2.45, 2.75) is 31.7 Å². The quantitative estimate of drug-likeness (QED) is 0.672. The van der Waals surface area contributed by atoms with Crippen molar-refractivity contribution in [3.05, 3.63) is 12.1 Å². The molecule has 1 aliphatic rings. The summed E-state index contributed by atoms with van der Waals surface area (Å²) >= 11 is 0.